The maximum absolute atomic E-state index is 11.1. The third-order valence-corrected chi connectivity index (χ3v) is 4.62. The number of carboxylic acid groups (broad SMARTS) is 1. The first kappa shape index (κ1) is 15.7. The van der Waals surface area contributed by atoms with Gasteiger partial charge >= 0.3 is 5.97 Å². The lowest BCUT2D eigenvalue weighted by Crippen LogP contribution is -2.23. The maximum atomic E-state index is 11.1. The number of carboxylic acids is 1. The summed E-state index contributed by atoms with van der Waals surface area (Å²) in [5, 5.41) is 14.5. The van der Waals surface area contributed by atoms with E-state index in [1.165, 1.54) is 22.3 Å². The highest BCUT2D eigenvalue weighted by Gasteiger charge is 2.16. The van der Waals surface area contributed by atoms with Crippen LogP contribution in [-0.4, -0.2) is 11.1 Å². The van der Waals surface area contributed by atoms with E-state index in [4.69, 9.17) is 5.11 Å². The maximum Gasteiger partial charge on any atom is 0.305 e. The van der Waals surface area contributed by atoms with Crippen LogP contribution >= 0.6 is 11.3 Å². The first-order valence-electron chi connectivity index (χ1n) is 7.02. The van der Waals surface area contributed by atoms with E-state index in [1.807, 2.05) is 17.5 Å². The van der Waals surface area contributed by atoms with Gasteiger partial charge in [0, 0.05) is 11.4 Å². The van der Waals surface area contributed by atoms with Crippen molar-refractivity contribution in [3.63, 3.8) is 0 Å². The van der Waals surface area contributed by atoms with Crippen molar-refractivity contribution in [2.45, 2.75) is 39.8 Å². The van der Waals surface area contributed by atoms with Gasteiger partial charge in [-0.1, -0.05) is 23.8 Å². The lowest BCUT2D eigenvalue weighted by Gasteiger charge is -2.18. The molecule has 0 aliphatic rings. The number of carbonyl (C=O) groups is 1. The zero-order valence-corrected chi connectivity index (χ0v) is 13.5. The van der Waals surface area contributed by atoms with Gasteiger partial charge in [0.05, 0.1) is 12.5 Å². The predicted molar refractivity (Wildman–Crippen MR) is 86.8 cm³/mol. The Kier molecular flexibility index (Phi) is 5.15. The van der Waals surface area contributed by atoms with E-state index < -0.39 is 5.97 Å². The van der Waals surface area contributed by atoms with E-state index in [2.05, 4.69) is 38.2 Å². The molecular weight excluding hydrogens is 282 g/mol. The number of hydrogen-bond acceptors (Lipinski definition) is 3. The summed E-state index contributed by atoms with van der Waals surface area (Å²) in [7, 11) is 0. The average molecular weight is 303 g/mol. The second kappa shape index (κ2) is 6.87. The molecular formula is C17H21NO2S. The summed E-state index contributed by atoms with van der Waals surface area (Å²) in [5.41, 5.74) is 5.02. The molecule has 0 bridgehead atoms. The fraction of sp³-hybridized carbons (Fsp3) is 0.353. The van der Waals surface area contributed by atoms with E-state index >= 15 is 0 Å². The summed E-state index contributed by atoms with van der Waals surface area (Å²) in [4.78, 5) is 12.1. The van der Waals surface area contributed by atoms with Gasteiger partial charge < -0.3 is 10.4 Å². The Morgan fingerprint density at radius 2 is 1.95 bits per heavy atom. The molecule has 0 radical (unpaired) electrons. The highest BCUT2D eigenvalue weighted by atomic mass is 32.1. The van der Waals surface area contributed by atoms with Gasteiger partial charge in [-0.3, -0.25) is 4.79 Å². The van der Waals surface area contributed by atoms with Crippen LogP contribution in [0.15, 0.2) is 29.6 Å². The Labute approximate surface area is 129 Å². The summed E-state index contributed by atoms with van der Waals surface area (Å²) in [6.07, 6.45) is 0.102. The third-order valence-electron chi connectivity index (χ3n) is 3.63. The van der Waals surface area contributed by atoms with Gasteiger partial charge in [0.1, 0.15) is 0 Å². The average Bonchev–Trinajstić information content (AvgIpc) is 2.89. The standard InChI is InChI=1S/C17H21NO2S/c1-11-7-12(2)14(13(3)8-11)10-18-15(9-17(19)20)16-5-4-6-21-16/h4-8,15,18H,9-10H2,1-3H3,(H,19,20). The predicted octanol–water partition coefficient (Wildman–Crippen LogP) is 3.98. The van der Waals surface area contributed by atoms with Crippen molar-refractivity contribution in [1.29, 1.82) is 0 Å². The Morgan fingerprint density at radius 1 is 1.29 bits per heavy atom. The molecule has 1 aromatic heterocycles. The molecule has 1 atom stereocenters. The largest absolute Gasteiger partial charge is 0.481 e. The summed E-state index contributed by atoms with van der Waals surface area (Å²) in [5.74, 6) is -0.779. The molecule has 0 aliphatic heterocycles. The highest BCUT2D eigenvalue weighted by Crippen LogP contribution is 2.24. The molecule has 0 aliphatic carbocycles. The number of aryl methyl sites for hydroxylation is 3. The summed E-state index contributed by atoms with van der Waals surface area (Å²) in [6, 6.07) is 8.14. The van der Waals surface area contributed by atoms with Gasteiger partial charge in [-0.25, -0.2) is 0 Å². The first-order valence-corrected chi connectivity index (χ1v) is 7.90. The quantitative estimate of drug-likeness (QED) is 0.848. The van der Waals surface area contributed by atoms with E-state index in [0.29, 0.717) is 6.54 Å². The Bertz CT molecular complexity index is 597. The minimum Gasteiger partial charge on any atom is -0.481 e. The van der Waals surface area contributed by atoms with Crippen LogP contribution < -0.4 is 5.32 Å². The second-order valence-electron chi connectivity index (χ2n) is 5.42. The van der Waals surface area contributed by atoms with Crippen LogP contribution in [0.4, 0.5) is 0 Å². The molecule has 0 saturated heterocycles. The van der Waals surface area contributed by atoms with Gasteiger partial charge in [-0.2, -0.15) is 0 Å². The van der Waals surface area contributed by atoms with Crippen LogP contribution in [0.25, 0.3) is 0 Å². The number of rotatable bonds is 6. The molecule has 0 saturated carbocycles. The van der Waals surface area contributed by atoms with E-state index in [9.17, 15) is 4.79 Å². The molecule has 3 nitrogen and oxygen atoms in total. The molecule has 2 rings (SSSR count). The molecule has 4 heteroatoms. The number of nitrogens with one attached hydrogen (secondary N) is 1. The minimum atomic E-state index is -0.779. The molecule has 0 amide bonds. The van der Waals surface area contributed by atoms with Crippen molar-refractivity contribution in [3.8, 4) is 0 Å². The van der Waals surface area contributed by atoms with Gasteiger partial charge in [0.2, 0.25) is 0 Å². The monoisotopic (exact) mass is 303 g/mol. The Morgan fingerprint density at radius 3 is 2.48 bits per heavy atom. The number of benzene rings is 1. The van der Waals surface area contributed by atoms with E-state index in [1.54, 1.807) is 11.3 Å². The van der Waals surface area contributed by atoms with Crippen LogP contribution in [0.5, 0.6) is 0 Å². The summed E-state index contributed by atoms with van der Waals surface area (Å²) < 4.78 is 0. The zero-order valence-electron chi connectivity index (χ0n) is 12.6. The molecule has 2 aromatic rings. The number of aliphatic carboxylic acids is 1. The normalized spacial score (nSPS) is 12.3. The van der Waals surface area contributed by atoms with Crippen LogP contribution in [0, 0.1) is 20.8 Å². The summed E-state index contributed by atoms with van der Waals surface area (Å²) in [6.45, 7) is 6.99. The zero-order chi connectivity index (χ0) is 15.4. The van der Waals surface area contributed by atoms with Crippen LogP contribution in [0.1, 0.15) is 39.6 Å². The molecule has 2 N–H and O–H groups in total. The van der Waals surface area contributed by atoms with Crippen molar-refractivity contribution < 1.29 is 9.90 Å². The topological polar surface area (TPSA) is 49.3 Å². The number of thiophene rings is 1. The Balaban J connectivity index is 2.14. The van der Waals surface area contributed by atoms with Gasteiger partial charge in [0.25, 0.3) is 0 Å². The van der Waals surface area contributed by atoms with E-state index in [-0.39, 0.29) is 12.5 Å². The summed E-state index contributed by atoms with van der Waals surface area (Å²) >= 11 is 1.59. The third kappa shape index (κ3) is 4.16. The Hall–Kier alpha value is -1.65. The number of hydrogen-bond donors (Lipinski definition) is 2. The highest BCUT2D eigenvalue weighted by molar-refractivity contribution is 7.10. The second-order valence-corrected chi connectivity index (χ2v) is 6.40. The lowest BCUT2D eigenvalue weighted by atomic mass is 9.99. The minimum absolute atomic E-state index is 0.102. The molecule has 1 unspecified atom stereocenters. The van der Waals surface area contributed by atoms with Crippen LogP contribution in [0.3, 0.4) is 0 Å². The molecule has 112 valence electrons. The fourth-order valence-corrected chi connectivity index (χ4v) is 3.45. The SMILES string of the molecule is Cc1cc(C)c(CNC(CC(=O)O)c2cccs2)c(C)c1. The lowest BCUT2D eigenvalue weighted by molar-refractivity contribution is -0.137. The fourth-order valence-electron chi connectivity index (χ4n) is 2.65. The molecule has 0 fully saturated rings. The van der Waals surface area contributed by atoms with Crippen molar-refractivity contribution in [1.82, 2.24) is 5.32 Å². The van der Waals surface area contributed by atoms with Crippen LogP contribution in [-0.2, 0) is 11.3 Å². The molecule has 1 heterocycles. The van der Waals surface area contributed by atoms with Gasteiger partial charge in [-0.15, -0.1) is 11.3 Å². The molecule has 21 heavy (non-hydrogen) atoms. The molecule has 0 spiro atoms. The van der Waals surface area contributed by atoms with Crippen molar-refractivity contribution >= 4 is 17.3 Å². The van der Waals surface area contributed by atoms with Crippen molar-refractivity contribution in [3.05, 3.63) is 56.8 Å². The van der Waals surface area contributed by atoms with Crippen molar-refractivity contribution in [2.24, 2.45) is 0 Å². The van der Waals surface area contributed by atoms with Gasteiger partial charge in [0.15, 0.2) is 0 Å². The van der Waals surface area contributed by atoms with Gasteiger partial charge in [-0.05, 0) is 48.9 Å². The van der Waals surface area contributed by atoms with Crippen LogP contribution in [0.2, 0.25) is 0 Å². The first-order chi connectivity index (χ1) is 9.97. The van der Waals surface area contributed by atoms with Crippen molar-refractivity contribution in [2.75, 3.05) is 0 Å². The van der Waals surface area contributed by atoms with E-state index in [0.717, 1.165) is 4.88 Å². The smallest absolute Gasteiger partial charge is 0.305 e. The molecule has 1 aromatic carbocycles.